The molecule has 0 heterocycles. The highest BCUT2D eigenvalue weighted by atomic mass is 16.6. The second-order valence-corrected chi connectivity index (χ2v) is 9.53. The Labute approximate surface area is 173 Å². The van der Waals surface area contributed by atoms with Crippen LogP contribution < -0.4 is 0 Å². The van der Waals surface area contributed by atoms with Crippen LogP contribution in [-0.2, 0) is 9.53 Å². The Morgan fingerprint density at radius 1 is 1.31 bits per heavy atom. The highest BCUT2D eigenvalue weighted by Crippen LogP contribution is 2.65. The van der Waals surface area contributed by atoms with Crippen molar-refractivity contribution in [1.82, 2.24) is 0 Å². The molecule has 0 aromatic heterocycles. The molecule has 5 heteroatoms. The molecule has 0 aliphatic heterocycles. The van der Waals surface area contributed by atoms with Gasteiger partial charge >= 0.3 is 5.97 Å². The summed E-state index contributed by atoms with van der Waals surface area (Å²) >= 11 is 0. The topological polar surface area (TPSA) is 82.7 Å². The monoisotopic (exact) mass is 396 g/mol. The van der Waals surface area contributed by atoms with E-state index < -0.39 is 5.60 Å². The van der Waals surface area contributed by atoms with Crippen molar-refractivity contribution in [3.63, 3.8) is 0 Å². The Kier molecular flexibility index (Phi) is 5.31. The number of rotatable bonds is 4. The smallest absolute Gasteiger partial charge is 0.306 e. The number of hydrogen-bond donors (Lipinski definition) is 1. The van der Waals surface area contributed by atoms with E-state index >= 15 is 0 Å². The maximum atomic E-state index is 12.4. The Balaban J connectivity index is 1.67. The summed E-state index contributed by atoms with van der Waals surface area (Å²) in [4.78, 5) is 12.4. The fraction of sp³-hybridized carbons (Fsp3) is 0.708. The van der Waals surface area contributed by atoms with E-state index in [4.69, 9.17) is 9.94 Å². The van der Waals surface area contributed by atoms with Crippen LogP contribution in [0.4, 0.5) is 0 Å². The molecule has 4 aliphatic carbocycles. The van der Waals surface area contributed by atoms with Crippen LogP contribution in [0.1, 0.15) is 84.5 Å². The predicted octanol–water partition coefficient (Wildman–Crippen LogP) is 5.45. The number of carbonyl (C=O) groups is 1. The lowest BCUT2D eigenvalue weighted by molar-refractivity contribution is -0.177. The Bertz CT molecular complexity index is 834. The fourth-order valence-corrected chi connectivity index (χ4v) is 6.81. The molecule has 4 aliphatic rings. The molecular weight excluding hydrogens is 364 g/mol. The van der Waals surface area contributed by atoms with Crippen molar-refractivity contribution in [1.29, 1.82) is 5.26 Å². The third kappa shape index (κ3) is 3.12. The minimum absolute atomic E-state index is 0.130. The first-order valence-electron chi connectivity index (χ1n) is 11.2. The van der Waals surface area contributed by atoms with Gasteiger partial charge in [-0.3, -0.25) is 4.79 Å². The molecule has 0 bridgehead atoms. The highest BCUT2D eigenvalue weighted by molar-refractivity contribution is 5.97. The van der Waals surface area contributed by atoms with Crippen LogP contribution in [0.5, 0.6) is 0 Å². The van der Waals surface area contributed by atoms with E-state index in [0.717, 1.165) is 63.5 Å². The number of allylic oxidation sites excluding steroid dienone is 4. The van der Waals surface area contributed by atoms with Gasteiger partial charge in [-0.15, -0.1) is 0 Å². The summed E-state index contributed by atoms with van der Waals surface area (Å²) in [5, 5.41) is 22.2. The van der Waals surface area contributed by atoms with Gasteiger partial charge in [-0.05, 0) is 86.8 Å². The number of nitrogens with zero attached hydrogens (tertiary/aromatic N) is 2. The summed E-state index contributed by atoms with van der Waals surface area (Å²) in [7, 11) is 0. The maximum Gasteiger partial charge on any atom is 0.306 e. The molecule has 4 atom stereocenters. The zero-order chi connectivity index (χ0) is 20.6. The van der Waals surface area contributed by atoms with E-state index in [1.54, 1.807) is 5.57 Å². The van der Waals surface area contributed by atoms with Gasteiger partial charge in [-0.2, -0.15) is 5.26 Å². The van der Waals surface area contributed by atoms with E-state index in [1.165, 1.54) is 11.1 Å². The van der Waals surface area contributed by atoms with Gasteiger partial charge in [-0.25, -0.2) is 0 Å². The van der Waals surface area contributed by atoms with E-state index in [1.807, 2.05) is 6.92 Å². The molecule has 4 rings (SSSR count). The SMILES string of the molecule is CCCC(=O)O[C@@]1(CC#N)CC[C@H]2[C@@H]3CCC4=C/C(=N\O)CCC4=C3CC[C@@]21C. The summed E-state index contributed by atoms with van der Waals surface area (Å²) in [5.41, 5.74) is 4.48. The molecule has 0 radical (unpaired) electrons. The number of hydrogen-bond acceptors (Lipinski definition) is 5. The van der Waals surface area contributed by atoms with Crippen molar-refractivity contribution in [3.05, 3.63) is 22.8 Å². The predicted molar refractivity (Wildman–Crippen MR) is 110 cm³/mol. The van der Waals surface area contributed by atoms with Crippen LogP contribution in [-0.4, -0.2) is 22.5 Å². The average molecular weight is 397 g/mol. The zero-order valence-corrected chi connectivity index (χ0v) is 17.7. The van der Waals surface area contributed by atoms with Gasteiger partial charge in [0, 0.05) is 11.8 Å². The van der Waals surface area contributed by atoms with Crippen LogP contribution in [0.3, 0.4) is 0 Å². The van der Waals surface area contributed by atoms with Crippen molar-refractivity contribution in [2.24, 2.45) is 22.4 Å². The van der Waals surface area contributed by atoms with Crippen molar-refractivity contribution in [2.75, 3.05) is 0 Å². The van der Waals surface area contributed by atoms with Crippen molar-refractivity contribution in [2.45, 2.75) is 90.1 Å². The molecule has 0 unspecified atom stereocenters. The summed E-state index contributed by atoms with van der Waals surface area (Å²) in [6.07, 6.45) is 11.3. The van der Waals surface area contributed by atoms with E-state index in [0.29, 0.717) is 24.7 Å². The van der Waals surface area contributed by atoms with Crippen LogP contribution >= 0.6 is 0 Å². The second-order valence-electron chi connectivity index (χ2n) is 9.53. The summed E-state index contributed by atoms with van der Waals surface area (Å²) in [5.74, 6) is 0.848. The number of oxime groups is 1. The molecule has 0 spiro atoms. The third-order valence-corrected chi connectivity index (χ3v) is 8.29. The average Bonchev–Trinajstić information content (AvgIpc) is 3.00. The minimum atomic E-state index is -0.631. The number of fused-ring (bicyclic) bond motifs is 4. The molecule has 0 amide bonds. The fourth-order valence-electron chi connectivity index (χ4n) is 6.81. The number of nitriles is 1. The lowest BCUT2D eigenvalue weighted by atomic mass is 9.54. The normalized spacial score (nSPS) is 37.3. The minimum Gasteiger partial charge on any atom is -0.457 e. The molecule has 0 saturated heterocycles. The van der Waals surface area contributed by atoms with Crippen molar-refractivity contribution >= 4 is 11.7 Å². The van der Waals surface area contributed by atoms with E-state index in [-0.39, 0.29) is 11.4 Å². The first-order chi connectivity index (χ1) is 14.0. The van der Waals surface area contributed by atoms with Gasteiger partial charge in [0.2, 0.25) is 0 Å². The lowest BCUT2D eigenvalue weighted by Gasteiger charge is -2.52. The van der Waals surface area contributed by atoms with Crippen LogP contribution in [0.2, 0.25) is 0 Å². The van der Waals surface area contributed by atoms with Crippen LogP contribution in [0.25, 0.3) is 0 Å². The van der Waals surface area contributed by atoms with E-state index in [9.17, 15) is 10.1 Å². The quantitative estimate of drug-likeness (QED) is 0.389. The third-order valence-electron chi connectivity index (χ3n) is 8.29. The van der Waals surface area contributed by atoms with Gasteiger partial charge in [0.15, 0.2) is 0 Å². The summed E-state index contributed by atoms with van der Waals surface area (Å²) in [6.45, 7) is 4.27. The molecule has 2 saturated carbocycles. The molecule has 1 N–H and O–H groups in total. The number of carbonyl (C=O) groups excluding carboxylic acids is 1. The maximum absolute atomic E-state index is 12.4. The van der Waals surface area contributed by atoms with Gasteiger partial charge < -0.3 is 9.94 Å². The van der Waals surface area contributed by atoms with Gasteiger partial charge in [-0.1, -0.05) is 24.6 Å². The number of esters is 1. The standard InChI is InChI=1S/C24H32N2O3/c1-3-4-22(27)29-24(13-14-25)12-10-21-20-7-5-16-15-17(26-28)6-8-18(16)19(20)9-11-23(21,24)2/h15,20-21,28H,3-13H2,1-2H3/b26-17-/t20-,21+,23+,24-/m1/s1. The largest absolute Gasteiger partial charge is 0.457 e. The summed E-state index contributed by atoms with van der Waals surface area (Å²) < 4.78 is 6.13. The second kappa shape index (κ2) is 7.63. The Morgan fingerprint density at radius 3 is 2.86 bits per heavy atom. The molecule has 156 valence electrons. The first kappa shape index (κ1) is 20.2. The van der Waals surface area contributed by atoms with Crippen LogP contribution in [0, 0.1) is 28.6 Å². The molecule has 2 fully saturated rings. The van der Waals surface area contributed by atoms with Gasteiger partial charge in [0.25, 0.3) is 0 Å². The molecule has 5 nitrogen and oxygen atoms in total. The Morgan fingerprint density at radius 2 is 2.14 bits per heavy atom. The summed E-state index contributed by atoms with van der Waals surface area (Å²) in [6, 6.07) is 2.35. The highest BCUT2D eigenvalue weighted by Gasteiger charge is 2.63. The molecule has 0 aromatic carbocycles. The molecule has 29 heavy (non-hydrogen) atoms. The van der Waals surface area contributed by atoms with E-state index in [2.05, 4.69) is 24.2 Å². The molecule has 0 aromatic rings. The van der Waals surface area contributed by atoms with Gasteiger partial charge in [0.1, 0.15) is 5.60 Å². The Hall–Kier alpha value is -2.09. The number of ether oxygens (including phenoxy) is 1. The first-order valence-corrected chi connectivity index (χ1v) is 11.2. The van der Waals surface area contributed by atoms with Crippen molar-refractivity contribution in [3.8, 4) is 6.07 Å². The zero-order valence-electron chi connectivity index (χ0n) is 17.7. The van der Waals surface area contributed by atoms with Crippen LogP contribution in [0.15, 0.2) is 28.0 Å². The van der Waals surface area contributed by atoms with Crippen molar-refractivity contribution < 1.29 is 14.7 Å². The van der Waals surface area contributed by atoms with Gasteiger partial charge in [0.05, 0.1) is 18.2 Å². The molecular formula is C24H32N2O3. The lowest BCUT2D eigenvalue weighted by Crippen LogP contribution is -2.52.